The lowest BCUT2D eigenvalue weighted by atomic mass is 9.68. The largest absolute Gasteiger partial charge is 0.496 e. The lowest BCUT2D eigenvalue weighted by Gasteiger charge is -2.43. The zero-order chi connectivity index (χ0) is 23.7. The summed E-state index contributed by atoms with van der Waals surface area (Å²) in [6.07, 6.45) is 1.03. The van der Waals surface area contributed by atoms with E-state index in [0.29, 0.717) is 0 Å². The van der Waals surface area contributed by atoms with E-state index in [1.165, 1.54) is 16.2 Å². The van der Waals surface area contributed by atoms with Gasteiger partial charge < -0.3 is 14.8 Å². The van der Waals surface area contributed by atoms with E-state index in [2.05, 4.69) is 4.98 Å². The lowest BCUT2D eigenvalue weighted by Crippen LogP contribution is -2.42. The third kappa shape index (κ3) is 3.04. The summed E-state index contributed by atoms with van der Waals surface area (Å²) in [5.74, 6) is -1.06. The quantitative estimate of drug-likeness (QED) is 0.586. The zero-order valence-electron chi connectivity index (χ0n) is 18.4. The Hall–Kier alpha value is -2.59. The van der Waals surface area contributed by atoms with Gasteiger partial charge in [-0.25, -0.2) is 0 Å². The second-order valence-corrected chi connectivity index (χ2v) is 11.7. The molecular weight excluding hydrogens is 476 g/mol. The number of rotatable bonds is 6. The van der Waals surface area contributed by atoms with Crippen molar-refractivity contribution in [1.29, 1.82) is 0 Å². The van der Waals surface area contributed by atoms with Crippen LogP contribution in [0.3, 0.4) is 0 Å². The Labute approximate surface area is 203 Å². The van der Waals surface area contributed by atoms with Gasteiger partial charge in [0.1, 0.15) is 5.75 Å². The molecule has 8 nitrogen and oxygen atoms in total. The van der Waals surface area contributed by atoms with Crippen LogP contribution < -0.4 is 9.61 Å². The summed E-state index contributed by atoms with van der Waals surface area (Å²) in [5, 5.41) is 9.94. The van der Waals surface area contributed by atoms with Crippen molar-refractivity contribution in [3.8, 4) is 5.75 Å². The minimum Gasteiger partial charge on any atom is -0.496 e. The first-order chi connectivity index (χ1) is 16.4. The monoisotopic (exact) mass is 500 g/mol. The second-order valence-electron chi connectivity index (χ2n) is 9.53. The summed E-state index contributed by atoms with van der Waals surface area (Å²) in [6.45, 7) is 0.162. The van der Waals surface area contributed by atoms with E-state index >= 15 is 0 Å². The minimum atomic E-state index is -0.929. The van der Waals surface area contributed by atoms with Crippen LogP contribution in [0, 0.1) is 29.6 Å². The van der Waals surface area contributed by atoms with Crippen LogP contribution in [0.5, 0.6) is 5.75 Å². The summed E-state index contributed by atoms with van der Waals surface area (Å²) in [7, 11) is 1.64. The zero-order valence-corrected chi connectivity index (χ0v) is 20.1. The number of nitrogens with zero attached hydrogens (tertiary/aromatic N) is 1. The third-order valence-electron chi connectivity index (χ3n) is 8.06. The highest BCUT2D eigenvalue weighted by molar-refractivity contribution is 8.00. The number of hydrogen-bond donors (Lipinski definition) is 2. The number of amides is 2. The number of aliphatic carboxylic acids is 1. The van der Waals surface area contributed by atoms with Crippen molar-refractivity contribution in [2.24, 2.45) is 29.6 Å². The number of carbonyl (C=O) groups excluding carboxylic acids is 2. The number of methoxy groups -OCH3 is 1. The molecule has 10 heteroatoms. The predicted molar refractivity (Wildman–Crippen MR) is 125 cm³/mol. The number of likely N-dealkylation sites (tertiary alicyclic amines) is 1. The van der Waals surface area contributed by atoms with Gasteiger partial charge in [0, 0.05) is 34.6 Å². The van der Waals surface area contributed by atoms with E-state index in [9.17, 15) is 19.2 Å². The Balaban J connectivity index is 1.39. The fraction of sp³-hybridized carbons (Fsp3) is 0.500. The van der Waals surface area contributed by atoms with Crippen LogP contribution in [-0.4, -0.2) is 51.7 Å². The number of carboxylic acids is 1. The molecule has 178 valence electrons. The van der Waals surface area contributed by atoms with Crippen LogP contribution >= 0.6 is 23.1 Å². The van der Waals surface area contributed by atoms with E-state index in [-0.39, 0.29) is 76.8 Å². The van der Waals surface area contributed by atoms with Crippen LogP contribution in [0.4, 0.5) is 0 Å². The first-order valence-electron chi connectivity index (χ1n) is 11.5. The molecule has 1 aromatic carbocycles. The van der Waals surface area contributed by atoms with Crippen molar-refractivity contribution in [2.45, 2.75) is 35.5 Å². The van der Waals surface area contributed by atoms with Gasteiger partial charge in [-0.2, -0.15) is 0 Å². The molecule has 0 radical (unpaired) electrons. The summed E-state index contributed by atoms with van der Waals surface area (Å²) < 4.78 is 5.69. The number of aromatic amines is 1. The summed E-state index contributed by atoms with van der Waals surface area (Å²) in [4.78, 5) is 55.2. The second kappa shape index (κ2) is 7.98. The molecule has 3 heterocycles. The maximum Gasteiger partial charge on any atom is 0.305 e. The maximum absolute atomic E-state index is 13.4. The molecule has 0 unspecified atom stereocenters. The normalized spacial score (nSPS) is 33.1. The van der Waals surface area contributed by atoms with Gasteiger partial charge in [-0.1, -0.05) is 29.5 Å². The van der Waals surface area contributed by atoms with Gasteiger partial charge >= 0.3 is 10.8 Å². The number of para-hydroxylation sites is 1. The molecule has 6 rings (SSSR count). The number of carboxylic acid groups (broad SMARTS) is 1. The molecule has 0 spiro atoms. The molecule has 7 atom stereocenters. The molecule has 2 aliphatic carbocycles. The molecule has 2 aromatic rings. The Morgan fingerprint density at radius 3 is 2.65 bits per heavy atom. The van der Waals surface area contributed by atoms with Crippen LogP contribution in [-0.2, 0) is 14.4 Å². The highest BCUT2D eigenvalue weighted by Gasteiger charge is 2.69. The smallest absolute Gasteiger partial charge is 0.305 e. The Morgan fingerprint density at radius 1 is 1.18 bits per heavy atom. The Kier molecular flexibility index (Phi) is 5.14. The maximum atomic E-state index is 13.4. The molecule has 3 fully saturated rings. The minimum absolute atomic E-state index is 0.0358. The van der Waals surface area contributed by atoms with Crippen LogP contribution in [0.15, 0.2) is 34.1 Å². The number of imide groups is 1. The fourth-order valence-electron chi connectivity index (χ4n) is 6.96. The molecule has 1 aromatic heterocycles. The van der Waals surface area contributed by atoms with E-state index in [4.69, 9.17) is 9.84 Å². The van der Waals surface area contributed by atoms with Crippen molar-refractivity contribution >= 4 is 40.9 Å². The third-order valence-corrected chi connectivity index (χ3v) is 10.6. The van der Waals surface area contributed by atoms with Gasteiger partial charge in [0.2, 0.25) is 11.8 Å². The van der Waals surface area contributed by atoms with Gasteiger partial charge in [0.15, 0.2) is 0 Å². The number of ether oxygens (including phenoxy) is 1. The molecule has 2 aliphatic heterocycles. The number of hydrogen-bond acceptors (Lipinski definition) is 7. The van der Waals surface area contributed by atoms with Crippen molar-refractivity contribution in [3.05, 3.63) is 44.4 Å². The number of thioether (sulfide) groups is 1. The van der Waals surface area contributed by atoms with E-state index in [1.54, 1.807) is 18.9 Å². The molecule has 1 saturated heterocycles. The van der Waals surface area contributed by atoms with Crippen LogP contribution in [0.2, 0.25) is 0 Å². The van der Waals surface area contributed by atoms with Gasteiger partial charge in [-0.3, -0.25) is 24.1 Å². The molecule has 2 saturated carbocycles. The SMILES string of the molecule is COc1ccccc1[C@H]1c2sc(=O)[nH]c2S[C@H]2[C@@H]3C[C@H]([C@H]4C(=O)N(CCCC(=O)O)C(=O)[C@H]34)[C@H]12. The predicted octanol–water partition coefficient (Wildman–Crippen LogP) is 2.78. The highest BCUT2D eigenvalue weighted by Crippen LogP contribution is 2.68. The molecule has 2 bridgehead atoms. The van der Waals surface area contributed by atoms with Gasteiger partial charge in [-0.15, -0.1) is 11.8 Å². The number of carbonyl (C=O) groups is 3. The molecule has 4 aliphatic rings. The summed E-state index contributed by atoms with van der Waals surface area (Å²) in [6, 6.07) is 7.84. The van der Waals surface area contributed by atoms with Gasteiger partial charge in [0.05, 0.1) is 24.0 Å². The highest BCUT2D eigenvalue weighted by atomic mass is 32.2. The van der Waals surface area contributed by atoms with Crippen molar-refractivity contribution in [1.82, 2.24) is 9.88 Å². The summed E-state index contributed by atoms with van der Waals surface area (Å²) >= 11 is 2.88. The number of benzene rings is 1. The van der Waals surface area contributed by atoms with Crippen molar-refractivity contribution in [3.63, 3.8) is 0 Å². The number of aromatic nitrogens is 1. The topological polar surface area (TPSA) is 117 Å². The van der Waals surface area contributed by atoms with E-state index in [1.807, 2.05) is 24.3 Å². The fourth-order valence-corrected chi connectivity index (χ4v) is 9.84. The van der Waals surface area contributed by atoms with Crippen molar-refractivity contribution < 1.29 is 24.2 Å². The lowest BCUT2D eigenvalue weighted by molar-refractivity contribution is -0.142. The van der Waals surface area contributed by atoms with E-state index < -0.39 is 5.97 Å². The molecule has 34 heavy (non-hydrogen) atoms. The Bertz CT molecular complexity index is 1250. The summed E-state index contributed by atoms with van der Waals surface area (Å²) in [5.41, 5.74) is 1.01. The number of fused-ring (bicyclic) bond motifs is 9. The Morgan fingerprint density at radius 2 is 1.91 bits per heavy atom. The van der Waals surface area contributed by atoms with E-state index in [0.717, 1.165) is 27.6 Å². The standard InChI is InChI=1S/C24H24N2O6S2/c1-32-13-6-3-2-5-10(13)15-16-11-9-12(19(16)33-21-20(15)34-24(31)25-21)18-17(11)22(29)26(23(18)30)8-4-7-14(27)28/h2-3,5-6,11-12,15-19H,4,7-9H2,1H3,(H,25,31)(H,27,28)/t11-,12+,15+,16+,17+,18+,19-/m0/s1. The van der Waals surface area contributed by atoms with Crippen LogP contribution in [0.25, 0.3) is 0 Å². The number of thiazole rings is 1. The molecule has 2 amide bonds. The average Bonchev–Trinajstić information content (AvgIpc) is 3.54. The molecular formula is C24H24N2O6S2. The van der Waals surface area contributed by atoms with Gasteiger partial charge in [-0.05, 0) is 36.7 Å². The first-order valence-corrected chi connectivity index (χ1v) is 13.2. The molecule has 2 N–H and O–H groups in total. The van der Waals surface area contributed by atoms with Crippen LogP contribution in [0.1, 0.15) is 35.6 Å². The van der Waals surface area contributed by atoms with Gasteiger partial charge in [0.25, 0.3) is 0 Å². The number of H-pyrrole nitrogens is 1. The average molecular weight is 501 g/mol. The number of nitrogens with one attached hydrogen (secondary N) is 1. The first kappa shape index (κ1) is 21.9. The van der Waals surface area contributed by atoms with Crippen molar-refractivity contribution in [2.75, 3.05) is 13.7 Å².